The Kier molecular flexibility index (Phi) is 6.50. The summed E-state index contributed by atoms with van der Waals surface area (Å²) in [6.07, 6.45) is 8.89. The molecule has 1 atom stereocenters. The van der Waals surface area contributed by atoms with Crippen LogP contribution in [0.3, 0.4) is 0 Å². The molecule has 1 aliphatic rings. The third-order valence-corrected chi connectivity index (χ3v) is 4.61. The molecule has 0 saturated heterocycles. The first kappa shape index (κ1) is 15.0. The number of hydrogen-bond acceptors (Lipinski definition) is 2. The van der Waals surface area contributed by atoms with Gasteiger partial charge in [0, 0.05) is 13.2 Å². The fraction of sp³-hybridized carbons (Fsp3) is 1.00. The Labute approximate surface area is 108 Å². The van der Waals surface area contributed by atoms with E-state index in [4.69, 9.17) is 4.74 Å². The standard InChI is InChI=1S/C15H31NO/c1-5-11-16-14(12-13(6-2)7-3)15(17-4)9-8-10-15/h13-14,16H,5-12H2,1-4H3. The van der Waals surface area contributed by atoms with E-state index in [9.17, 15) is 0 Å². The molecular formula is C15H31NO. The van der Waals surface area contributed by atoms with E-state index in [0.717, 1.165) is 12.5 Å². The Bertz CT molecular complexity index is 192. The lowest BCUT2D eigenvalue weighted by atomic mass is 9.71. The predicted octanol–water partition coefficient (Wildman–Crippen LogP) is 3.75. The molecule has 102 valence electrons. The Hall–Kier alpha value is -0.0800. The van der Waals surface area contributed by atoms with Crippen molar-refractivity contribution in [3.63, 3.8) is 0 Å². The predicted molar refractivity (Wildman–Crippen MR) is 74.4 cm³/mol. The fourth-order valence-corrected chi connectivity index (χ4v) is 2.98. The summed E-state index contributed by atoms with van der Waals surface area (Å²) in [5.74, 6) is 0.844. The topological polar surface area (TPSA) is 21.3 Å². The first-order chi connectivity index (χ1) is 8.22. The maximum atomic E-state index is 5.86. The van der Waals surface area contributed by atoms with Gasteiger partial charge in [0.15, 0.2) is 0 Å². The lowest BCUT2D eigenvalue weighted by Crippen LogP contribution is -2.57. The van der Waals surface area contributed by atoms with Crippen LogP contribution in [0.25, 0.3) is 0 Å². The average molecular weight is 241 g/mol. The summed E-state index contributed by atoms with van der Waals surface area (Å²) in [6.45, 7) is 7.98. The quantitative estimate of drug-likeness (QED) is 0.664. The van der Waals surface area contributed by atoms with Gasteiger partial charge in [-0.05, 0) is 44.6 Å². The van der Waals surface area contributed by atoms with Crippen LogP contribution < -0.4 is 5.32 Å². The summed E-state index contributed by atoms with van der Waals surface area (Å²) < 4.78 is 5.86. The molecule has 0 aromatic carbocycles. The van der Waals surface area contributed by atoms with Crippen LogP contribution in [0.4, 0.5) is 0 Å². The van der Waals surface area contributed by atoms with Crippen LogP contribution in [0.5, 0.6) is 0 Å². The van der Waals surface area contributed by atoms with Crippen LogP contribution in [0.2, 0.25) is 0 Å². The van der Waals surface area contributed by atoms with E-state index in [2.05, 4.69) is 26.1 Å². The summed E-state index contributed by atoms with van der Waals surface area (Å²) >= 11 is 0. The molecule has 1 fully saturated rings. The SMILES string of the molecule is CCCNC(CC(CC)CC)C1(OC)CCC1. The highest BCUT2D eigenvalue weighted by Crippen LogP contribution is 2.40. The van der Waals surface area contributed by atoms with Gasteiger partial charge in [-0.3, -0.25) is 0 Å². The first-order valence-corrected chi connectivity index (χ1v) is 7.50. The summed E-state index contributed by atoms with van der Waals surface area (Å²) in [6, 6.07) is 0.561. The van der Waals surface area contributed by atoms with E-state index in [1.54, 1.807) is 0 Å². The minimum absolute atomic E-state index is 0.151. The summed E-state index contributed by atoms with van der Waals surface area (Å²) in [4.78, 5) is 0. The van der Waals surface area contributed by atoms with Crippen molar-refractivity contribution in [1.29, 1.82) is 0 Å². The number of ether oxygens (including phenoxy) is 1. The van der Waals surface area contributed by atoms with Crippen molar-refractivity contribution in [2.75, 3.05) is 13.7 Å². The Morgan fingerprint density at radius 2 is 1.82 bits per heavy atom. The molecule has 0 aliphatic heterocycles. The minimum Gasteiger partial charge on any atom is -0.377 e. The van der Waals surface area contributed by atoms with Crippen molar-refractivity contribution < 1.29 is 4.74 Å². The van der Waals surface area contributed by atoms with Crippen LogP contribution in [0, 0.1) is 5.92 Å². The number of rotatable bonds is 9. The third kappa shape index (κ3) is 3.69. The van der Waals surface area contributed by atoms with Crippen LogP contribution in [-0.4, -0.2) is 25.3 Å². The van der Waals surface area contributed by atoms with Crippen molar-refractivity contribution in [2.24, 2.45) is 5.92 Å². The summed E-state index contributed by atoms with van der Waals surface area (Å²) in [7, 11) is 1.90. The van der Waals surface area contributed by atoms with Crippen molar-refractivity contribution in [3.05, 3.63) is 0 Å². The van der Waals surface area contributed by atoms with E-state index in [0.29, 0.717) is 6.04 Å². The van der Waals surface area contributed by atoms with Crippen molar-refractivity contribution >= 4 is 0 Å². The van der Waals surface area contributed by atoms with Gasteiger partial charge in [-0.15, -0.1) is 0 Å². The van der Waals surface area contributed by atoms with Crippen molar-refractivity contribution in [2.45, 2.75) is 77.4 Å². The molecule has 0 aromatic rings. The Morgan fingerprint density at radius 3 is 2.18 bits per heavy atom. The van der Waals surface area contributed by atoms with E-state index < -0.39 is 0 Å². The van der Waals surface area contributed by atoms with Gasteiger partial charge in [0.05, 0.1) is 5.60 Å². The van der Waals surface area contributed by atoms with Crippen molar-refractivity contribution in [1.82, 2.24) is 5.32 Å². The maximum absolute atomic E-state index is 5.86. The molecule has 1 rings (SSSR count). The lowest BCUT2D eigenvalue weighted by Gasteiger charge is -2.48. The van der Waals surface area contributed by atoms with Gasteiger partial charge in [0.25, 0.3) is 0 Å². The molecule has 0 aromatic heterocycles. The summed E-state index contributed by atoms with van der Waals surface area (Å²) in [5.41, 5.74) is 0.151. The molecule has 2 nitrogen and oxygen atoms in total. The number of hydrogen-bond donors (Lipinski definition) is 1. The molecule has 0 bridgehead atoms. The van der Waals surface area contributed by atoms with Crippen LogP contribution in [0.1, 0.15) is 65.7 Å². The van der Waals surface area contributed by atoms with Gasteiger partial charge in [-0.2, -0.15) is 0 Å². The molecule has 1 N–H and O–H groups in total. The largest absolute Gasteiger partial charge is 0.377 e. The highest BCUT2D eigenvalue weighted by molar-refractivity contribution is 5.00. The zero-order valence-corrected chi connectivity index (χ0v) is 12.2. The molecular weight excluding hydrogens is 210 g/mol. The van der Waals surface area contributed by atoms with E-state index in [1.165, 1.54) is 44.9 Å². The minimum atomic E-state index is 0.151. The van der Waals surface area contributed by atoms with Gasteiger partial charge in [0.2, 0.25) is 0 Å². The van der Waals surface area contributed by atoms with Crippen LogP contribution >= 0.6 is 0 Å². The first-order valence-electron chi connectivity index (χ1n) is 7.50. The Morgan fingerprint density at radius 1 is 1.18 bits per heavy atom. The second-order valence-electron chi connectivity index (χ2n) is 5.55. The summed E-state index contributed by atoms with van der Waals surface area (Å²) in [5, 5.41) is 3.74. The van der Waals surface area contributed by atoms with Crippen LogP contribution in [-0.2, 0) is 4.74 Å². The van der Waals surface area contributed by atoms with E-state index >= 15 is 0 Å². The van der Waals surface area contributed by atoms with Crippen molar-refractivity contribution in [3.8, 4) is 0 Å². The van der Waals surface area contributed by atoms with Gasteiger partial charge in [0.1, 0.15) is 0 Å². The third-order valence-electron chi connectivity index (χ3n) is 4.61. The van der Waals surface area contributed by atoms with Gasteiger partial charge < -0.3 is 10.1 Å². The molecule has 1 aliphatic carbocycles. The van der Waals surface area contributed by atoms with Gasteiger partial charge >= 0.3 is 0 Å². The molecule has 0 radical (unpaired) electrons. The van der Waals surface area contributed by atoms with E-state index in [1.807, 2.05) is 7.11 Å². The zero-order chi connectivity index (χ0) is 12.7. The normalized spacial score (nSPS) is 20.3. The van der Waals surface area contributed by atoms with Gasteiger partial charge in [-0.1, -0.05) is 33.6 Å². The zero-order valence-electron chi connectivity index (χ0n) is 12.2. The molecule has 1 unspecified atom stereocenters. The fourth-order valence-electron chi connectivity index (χ4n) is 2.98. The molecule has 0 amide bonds. The molecule has 0 spiro atoms. The second kappa shape index (κ2) is 7.38. The number of nitrogens with one attached hydrogen (secondary N) is 1. The lowest BCUT2D eigenvalue weighted by molar-refractivity contribution is -0.103. The van der Waals surface area contributed by atoms with Gasteiger partial charge in [-0.25, -0.2) is 0 Å². The maximum Gasteiger partial charge on any atom is 0.0831 e. The Balaban J connectivity index is 2.58. The molecule has 17 heavy (non-hydrogen) atoms. The average Bonchev–Trinajstić information content (AvgIpc) is 2.31. The van der Waals surface area contributed by atoms with Crippen LogP contribution in [0.15, 0.2) is 0 Å². The highest BCUT2D eigenvalue weighted by atomic mass is 16.5. The smallest absolute Gasteiger partial charge is 0.0831 e. The molecule has 1 saturated carbocycles. The second-order valence-corrected chi connectivity index (χ2v) is 5.55. The van der Waals surface area contributed by atoms with E-state index in [-0.39, 0.29) is 5.60 Å². The monoisotopic (exact) mass is 241 g/mol. The molecule has 0 heterocycles. The molecule has 2 heteroatoms. The highest BCUT2D eigenvalue weighted by Gasteiger charge is 2.44. The number of methoxy groups -OCH3 is 1.